The van der Waals surface area contributed by atoms with Gasteiger partial charge in [0.15, 0.2) is 5.65 Å². The maximum atomic E-state index is 12.5. The first-order valence-electron chi connectivity index (χ1n) is 5.11. The fourth-order valence-corrected chi connectivity index (χ4v) is 1.47. The van der Waals surface area contributed by atoms with Gasteiger partial charge in [0, 0.05) is 12.3 Å². The van der Waals surface area contributed by atoms with E-state index in [2.05, 4.69) is 10.1 Å². The van der Waals surface area contributed by atoms with Gasteiger partial charge >= 0.3 is 5.97 Å². The molecule has 0 aromatic carbocycles. The zero-order valence-corrected chi connectivity index (χ0v) is 9.31. The Hall–Kier alpha value is -2.25. The Kier molecular flexibility index (Phi) is 3.09. The number of hydrogen-bond acceptors (Lipinski definition) is 4. The first-order valence-corrected chi connectivity index (χ1v) is 5.11. The molecule has 0 saturated heterocycles. The molecule has 2 aromatic rings. The highest BCUT2D eigenvalue weighted by Crippen LogP contribution is 2.16. The van der Waals surface area contributed by atoms with Crippen LogP contribution in [0.15, 0.2) is 17.1 Å². The molecule has 6 nitrogen and oxygen atoms in total. The molecule has 0 fully saturated rings. The van der Waals surface area contributed by atoms with Crippen LogP contribution in [0.5, 0.6) is 0 Å². The van der Waals surface area contributed by atoms with Gasteiger partial charge in [0.05, 0.1) is 6.61 Å². The number of aromatic amines is 1. The number of fused-ring (bicyclic) bond motifs is 1. The van der Waals surface area contributed by atoms with Gasteiger partial charge < -0.3 is 4.74 Å². The molecule has 0 aliphatic carbocycles. The van der Waals surface area contributed by atoms with Crippen LogP contribution in [0.4, 0.5) is 8.78 Å². The number of rotatable bonds is 3. The molecule has 0 spiro atoms. The number of nitrogens with one attached hydrogen (secondary N) is 1. The summed E-state index contributed by atoms with van der Waals surface area (Å²) in [6.07, 6.45) is -1.69. The Balaban J connectivity index is 2.63. The van der Waals surface area contributed by atoms with Crippen molar-refractivity contribution >= 4 is 11.6 Å². The highest BCUT2D eigenvalue weighted by atomic mass is 19.3. The Morgan fingerprint density at radius 1 is 1.61 bits per heavy atom. The van der Waals surface area contributed by atoms with Crippen molar-refractivity contribution in [3.8, 4) is 0 Å². The van der Waals surface area contributed by atoms with E-state index in [-0.39, 0.29) is 17.8 Å². The summed E-state index contributed by atoms with van der Waals surface area (Å²) in [6.45, 7) is 1.74. The van der Waals surface area contributed by atoms with Gasteiger partial charge in [-0.3, -0.25) is 9.89 Å². The number of carbonyl (C=O) groups is 1. The third-order valence-electron chi connectivity index (χ3n) is 2.24. The van der Waals surface area contributed by atoms with Crippen molar-refractivity contribution in [3.05, 3.63) is 33.9 Å². The van der Waals surface area contributed by atoms with Crippen molar-refractivity contribution in [2.45, 2.75) is 13.3 Å². The zero-order chi connectivity index (χ0) is 13.3. The first-order chi connectivity index (χ1) is 8.54. The lowest BCUT2D eigenvalue weighted by atomic mass is 10.3. The summed E-state index contributed by atoms with van der Waals surface area (Å²) in [5.41, 5.74) is -1.62. The molecule has 2 aromatic heterocycles. The van der Waals surface area contributed by atoms with E-state index in [1.165, 1.54) is 6.20 Å². The number of carbonyl (C=O) groups excluding carboxylic acids is 1. The van der Waals surface area contributed by atoms with E-state index in [1.807, 2.05) is 0 Å². The highest BCUT2D eigenvalue weighted by Gasteiger charge is 2.19. The van der Waals surface area contributed by atoms with Gasteiger partial charge in [-0.2, -0.15) is 0 Å². The molecule has 0 radical (unpaired) electrons. The molecule has 1 N–H and O–H groups in total. The van der Waals surface area contributed by atoms with E-state index >= 15 is 0 Å². The quantitative estimate of drug-likeness (QED) is 0.836. The minimum absolute atomic E-state index is 0.0588. The van der Waals surface area contributed by atoms with Crippen LogP contribution in [-0.4, -0.2) is 27.2 Å². The molecule has 2 heterocycles. The molecule has 2 rings (SSSR count). The summed E-state index contributed by atoms with van der Waals surface area (Å²) in [5, 5.41) is 2.46. The van der Waals surface area contributed by atoms with Crippen LogP contribution in [0.25, 0.3) is 5.65 Å². The lowest BCUT2D eigenvalue weighted by Crippen LogP contribution is -2.16. The molecule has 0 bridgehead atoms. The van der Waals surface area contributed by atoms with Gasteiger partial charge in [-0.05, 0) is 6.92 Å². The van der Waals surface area contributed by atoms with E-state index in [4.69, 9.17) is 4.74 Å². The second-order valence-electron chi connectivity index (χ2n) is 3.39. The number of H-pyrrole nitrogens is 1. The van der Waals surface area contributed by atoms with Crippen LogP contribution in [0.3, 0.4) is 0 Å². The standard InChI is InChI=1S/C10H9F2N3O3/c1-2-18-10(17)5-4-13-15-7(16)3-6(8(11)12)14-9(5)15/h3-4,8,13H,2H2,1H3. The Morgan fingerprint density at radius 3 is 2.94 bits per heavy atom. The average molecular weight is 257 g/mol. The number of nitrogens with zero attached hydrogens (tertiary/aromatic N) is 2. The molecular formula is C10H9F2N3O3. The predicted molar refractivity (Wildman–Crippen MR) is 56.7 cm³/mol. The first kappa shape index (κ1) is 12.2. The van der Waals surface area contributed by atoms with Crippen molar-refractivity contribution in [1.29, 1.82) is 0 Å². The molecular weight excluding hydrogens is 248 g/mol. The average Bonchev–Trinajstić information content (AvgIpc) is 2.73. The number of esters is 1. The summed E-state index contributed by atoms with van der Waals surface area (Å²) in [5.74, 6) is -0.727. The highest BCUT2D eigenvalue weighted by molar-refractivity contribution is 5.95. The number of ether oxygens (including phenoxy) is 1. The Labute approximate surface area is 99.2 Å². The van der Waals surface area contributed by atoms with E-state index in [0.717, 1.165) is 4.52 Å². The van der Waals surface area contributed by atoms with Gasteiger partial charge in [-0.15, -0.1) is 0 Å². The third-order valence-corrected chi connectivity index (χ3v) is 2.24. The second-order valence-corrected chi connectivity index (χ2v) is 3.39. The van der Waals surface area contributed by atoms with Gasteiger partial charge in [0.1, 0.15) is 11.3 Å². The Morgan fingerprint density at radius 2 is 2.33 bits per heavy atom. The summed E-state index contributed by atoms with van der Waals surface area (Å²) >= 11 is 0. The Bertz CT molecular complexity index is 647. The summed E-state index contributed by atoms with van der Waals surface area (Å²) in [4.78, 5) is 26.6. The van der Waals surface area contributed by atoms with Crippen LogP contribution in [0.2, 0.25) is 0 Å². The normalized spacial score (nSPS) is 11.1. The lowest BCUT2D eigenvalue weighted by Gasteiger charge is -2.01. The molecule has 8 heteroatoms. The summed E-state index contributed by atoms with van der Waals surface area (Å²) < 4.78 is 30.7. The second kappa shape index (κ2) is 4.55. The molecule has 0 unspecified atom stereocenters. The maximum absolute atomic E-state index is 12.5. The predicted octanol–water partition coefficient (Wildman–Crippen LogP) is 1.14. The van der Waals surface area contributed by atoms with Crippen molar-refractivity contribution in [2.75, 3.05) is 6.61 Å². The van der Waals surface area contributed by atoms with Gasteiger partial charge in [-0.1, -0.05) is 0 Å². The molecule has 0 aliphatic rings. The minimum Gasteiger partial charge on any atom is -0.462 e. The van der Waals surface area contributed by atoms with Gasteiger partial charge in [-0.25, -0.2) is 23.1 Å². The van der Waals surface area contributed by atoms with E-state index in [1.54, 1.807) is 6.92 Å². The molecule has 18 heavy (non-hydrogen) atoms. The van der Waals surface area contributed by atoms with E-state index in [9.17, 15) is 18.4 Å². The van der Waals surface area contributed by atoms with Crippen LogP contribution in [0, 0.1) is 0 Å². The summed E-state index contributed by atoms with van der Waals surface area (Å²) in [6, 6.07) is 0.711. The van der Waals surface area contributed by atoms with Crippen molar-refractivity contribution in [3.63, 3.8) is 0 Å². The number of hydrogen-bond donors (Lipinski definition) is 1. The van der Waals surface area contributed by atoms with E-state index in [0.29, 0.717) is 6.07 Å². The van der Waals surface area contributed by atoms with Crippen LogP contribution in [-0.2, 0) is 4.74 Å². The van der Waals surface area contributed by atoms with Crippen molar-refractivity contribution in [2.24, 2.45) is 0 Å². The van der Waals surface area contributed by atoms with Crippen molar-refractivity contribution < 1.29 is 18.3 Å². The fraction of sp³-hybridized carbons (Fsp3) is 0.300. The number of alkyl halides is 2. The molecule has 0 atom stereocenters. The fourth-order valence-electron chi connectivity index (χ4n) is 1.47. The zero-order valence-electron chi connectivity index (χ0n) is 9.31. The molecule has 0 amide bonds. The topological polar surface area (TPSA) is 76.5 Å². The lowest BCUT2D eigenvalue weighted by molar-refractivity contribution is 0.0528. The molecule has 0 saturated carbocycles. The van der Waals surface area contributed by atoms with Crippen LogP contribution < -0.4 is 5.56 Å². The van der Waals surface area contributed by atoms with Crippen LogP contribution >= 0.6 is 0 Å². The smallest absolute Gasteiger partial charge is 0.343 e. The van der Waals surface area contributed by atoms with Crippen LogP contribution in [0.1, 0.15) is 29.4 Å². The van der Waals surface area contributed by atoms with Gasteiger partial charge in [0.2, 0.25) is 0 Å². The molecule has 0 aliphatic heterocycles. The molecule has 96 valence electrons. The summed E-state index contributed by atoms with van der Waals surface area (Å²) in [7, 11) is 0. The van der Waals surface area contributed by atoms with E-state index < -0.39 is 23.6 Å². The van der Waals surface area contributed by atoms with Gasteiger partial charge in [0.25, 0.3) is 12.0 Å². The third kappa shape index (κ3) is 1.96. The SMILES string of the molecule is CCOC(=O)c1c[nH]n2c(=O)cc(C(F)F)nc12. The number of aromatic nitrogens is 3. The number of halogens is 2. The van der Waals surface area contributed by atoms with Crippen molar-refractivity contribution in [1.82, 2.24) is 14.6 Å². The maximum Gasteiger partial charge on any atom is 0.343 e. The monoisotopic (exact) mass is 257 g/mol. The largest absolute Gasteiger partial charge is 0.462 e. The minimum atomic E-state index is -2.88.